The minimum absolute atomic E-state index is 0.273. The van der Waals surface area contributed by atoms with E-state index in [2.05, 4.69) is 36.0 Å². The quantitative estimate of drug-likeness (QED) is 0.831. The lowest BCUT2D eigenvalue weighted by Gasteiger charge is -2.17. The predicted octanol–water partition coefficient (Wildman–Crippen LogP) is 4.63. The molecule has 0 fully saturated rings. The average molecular weight is 343 g/mol. The van der Waals surface area contributed by atoms with Crippen molar-refractivity contribution in [3.63, 3.8) is 0 Å². The molecular weight excluding hydrogens is 318 g/mol. The summed E-state index contributed by atoms with van der Waals surface area (Å²) in [6, 6.07) is 9.63. The van der Waals surface area contributed by atoms with Gasteiger partial charge in [0.15, 0.2) is 0 Å². The molecule has 5 heteroatoms. The van der Waals surface area contributed by atoms with E-state index in [0.29, 0.717) is 11.4 Å². The number of benzene rings is 2. The van der Waals surface area contributed by atoms with Crippen molar-refractivity contribution < 1.29 is 19.0 Å². The van der Waals surface area contributed by atoms with Crippen molar-refractivity contribution in [3.8, 4) is 11.5 Å². The van der Waals surface area contributed by atoms with Gasteiger partial charge in [-0.2, -0.15) is 0 Å². The summed E-state index contributed by atoms with van der Waals surface area (Å²) in [5.41, 5.74) is 4.96. The van der Waals surface area contributed by atoms with Gasteiger partial charge in [-0.3, -0.25) is 5.32 Å². The highest BCUT2D eigenvalue weighted by molar-refractivity contribution is 5.86. The Morgan fingerprint density at radius 2 is 1.84 bits per heavy atom. The van der Waals surface area contributed by atoms with Gasteiger partial charge in [0, 0.05) is 0 Å². The molecule has 2 aromatic rings. The first-order valence-corrected chi connectivity index (χ1v) is 8.23. The van der Waals surface area contributed by atoms with Crippen molar-refractivity contribution in [3.05, 3.63) is 52.6 Å². The van der Waals surface area contributed by atoms with Gasteiger partial charge in [-0.1, -0.05) is 19.1 Å². The van der Waals surface area contributed by atoms with Gasteiger partial charge in [0.05, 0.1) is 25.5 Å². The van der Waals surface area contributed by atoms with E-state index < -0.39 is 6.09 Å². The monoisotopic (exact) mass is 343 g/mol. The van der Waals surface area contributed by atoms with Crippen LogP contribution < -0.4 is 14.8 Å². The number of ether oxygens (including phenoxy) is 3. The lowest BCUT2D eigenvalue weighted by molar-refractivity contribution is 0.187. The number of hydrogen-bond acceptors (Lipinski definition) is 4. The van der Waals surface area contributed by atoms with Crippen LogP contribution in [0.4, 0.5) is 10.5 Å². The van der Waals surface area contributed by atoms with E-state index in [0.717, 1.165) is 23.3 Å². The molecule has 0 aliphatic rings. The average Bonchev–Trinajstić information content (AvgIpc) is 2.62. The summed E-state index contributed by atoms with van der Waals surface area (Å²) in [6.45, 7) is 6.53. The Hall–Kier alpha value is -2.69. The second-order valence-corrected chi connectivity index (χ2v) is 5.79. The van der Waals surface area contributed by atoms with Crippen LogP contribution >= 0.6 is 0 Å². The van der Waals surface area contributed by atoms with Crippen LogP contribution in [0.2, 0.25) is 0 Å². The standard InChI is InChI=1S/C20H25NO4/c1-6-15-10-14(3)19(11-13(15)2)25-12-16-17(21-20(22)24-5)8-7-9-18(16)23-4/h7-11H,6,12H2,1-5H3,(H,21,22). The molecule has 2 aromatic carbocycles. The van der Waals surface area contributed by atoms with Gasteiger partial charge in [-0.15, -0.1) is 0 Å². The van der Waals surface area contributed by atoms with Crippen LogP contribution in [0, 0.1) is 13.8 Å². The van der Waals surface area contributed by atoms with Gasteiger partial charge in [0.2, 0.25) is 0 Å². The zero-order valence-electron chi connectivity index (χ0n) is 15.4. The summed E-state index contributed by atoms with van der Waals surface area (Å²) in [4.78, 5) is 11.6. The number of carbonyl (C=O) groups excluding carboxylic acids is 1. The molecule has 134 valence electrons. The Morgan fingerprint density at radius 1 is 1.08 bits per heavy atom. The Labute approximate surface area is 148 Å². The minimum atomic E-state index is -0.533. The fourth-order valence-corrected chi connectivity index (χ4v) is 2.72. The van der Waals surface area contributed by atoms with E-state index in [4.69, 9.17) is 9.47 Å². The summed E-state index contributed by atoms with van der Waals surface area (Å²) < 4.78 is 16.1. The molecule has 2 rings (SSSR count). The van der Waals surface area contributed by atoms with E-state index in [-0.39, 0.29) is 6.61 Å². The van der Waals surface area contributed by atoms with Crippen molar-refractivity contribution in [2.45, 2.75) is 33.8 Å². The minimum Gasteiger partial charge on any atom is -0.496 e. The molecule has 0 radical (unpaired) electrons. The molecule has 0 spiro atoms. The van der Waals surface area contributed by atoms with Crippen LogP contribution in [-0.2, 0) is 17.8 Å². The second-order valence-electron chi connectivity index (χ2n) is 5.79. The highest BCUT2D eigenvalue weighted by Crippen LogP contribution is 2.30. The molecule has 0 aliphatic heterocycles. The Bertz CT molecular complexity index is 756. The maximum absolute atomic E-state index is 11.6. The summed E-state index contributed by atoms with van der Waals surface area (Å²) in [6.07, 6.45) is 0.459. The lowest BCUT2D eigenvalue weighted by atomic mass is 10.0. The van der Waals surface area contributed by atoms with Crippen LogP contribution in [-0.4, -0.2) is 20.3 Å². The smallest absolute Gasteiger partial charge is 0.411 e. The largest absolute Gasteiger partial charge is 0.496 e. The number of rotatable bonds is 6. The normalized spacial score (nSPS) is 10.3. The number of hydrogen-bond donors (Lipinski definition) is 1. The van der Waals surface area contributed by atoms with Gasteiger partial charge >= 0.3 is 6.09 Å². The molecule has 0 aliphatic carbocycles. The van der Waals surface area contributed by atoms with E-state index in [1.165, 1.54) is 18.2 Å². The third-order valence-corrected chi connectivity index (χ3v) is 4.16. The summed E-state index contributed by atoms with van der Waals surface area (Å²) >= 11 is 0. The lowest BCUT2D eigenvalue weighted by Crippen LogP contribution is -2.14. The summed E-state index contributed by atoms with van der Waals surface area (Å²) in [5.74, 6) is 1.47. The Morgan fingerprint density at radius 3 is 2.48 bits per heavy atom. The van der Waals surface area contributed by atoms with Crippen molar-refractivity contribution >= 4 is 11.8 Å². The first kappa shape index (κ1) is 18.6. The van der Waals surface area contributed by atoms with Gasteiger partial charge in [-0.05, 0) is 55.2 Å². The molecule has 0 aromatic heterocycles. The van der Waals surface area contributed by atoms with Crippen LogP contribution in [0.25, 0.3) is 0 Å². The van der Waals surface area contributed by atoms with Crippen LogP contribution in [0.3, 0.4) is 0 Å². The first-order chi connectivity index (χ1) is 12.0. The maximum atomic E-state index is 11.6. The van der Waals surface area contributed by atoms with Gasteiger partial charge in [0.1, 0.15) is 18.1 Å². The number of methoxy groups -OCH3 is 2. The third-order valence-electron chi connectivity index (χ3n) is 4.16. The number of carbonyl (C=O) groups is 1. The van der Waals surface area contributed by atoms with E-state index in [9.17, 15) is 4.79 Å². The number of anilines is 1. The summed E-state index contributed by atoms with van der Waals surface area (Å²) in [7, 11) is 2.92. The highest BCUT2D eigenvalue weighted by Gasteiger charge is 2.14. The van der Waals surface area contributed by atoms with Gasteiger partial charge in [-0.25, -0.2) is 4.79 Å². The van der Waals surface area contributed by atoms with Gasteiger partial charge < -0.3 is 14.2 Å². The van der Waals surface area contributed by atoms with Crippen LogP contribution in [0.5, 0.6) is 11.5 Å². The topological polar surface area (TPSA) is 56.8 Å². The third kappa shape index (κ3) is 4.44. The summed E-state index contributed by atoms with van der Waals surface area (Å²) in [5, 5.41) is 2.69. The Kier molecular flexibility index (Phi) is 6.28. The fraction of sp³-hybridized carbons (Fsp3) is 0.350. The Balaban J connectivity index is 2.28. The van der Waals surface area contributed by atoms with Crippen LogP contribution in [0.15, 0.2) is 30.3 Å². The van der Waals surface area contributed by atoms with Crippen molar-refractivity contribution in [2.75, 3.05) is 19.5 Å². The predicted molar refractivity (Wildman–Crippen MR) is 98.6 cm³/mol. The van der Waals surface area contributed by atoms with Crippen molar-refractivity contribution in [1.29, 1.82) is 0 Å². The molecule has 25 heavy (non-hydrogen) atoms. The molecule has 0 unspecified atom stereocenters. The fourth-order valence-electron chi connectivity index (χ4n) is 2.72. The highest BCUT2D eigenvalue weighted by atomic mass is 16.5. The zero-order valence-corrected chi connectivity index (χ0v) is 15.4. The second kappa shape index (κ2) is 8.42. The zero-order chi connectivity index (χ0) is 18.4. The number of nitrogens with one attached hydrogen (secondary N) is 1. The molecule has 0 atom stereocenters. The maximum Gasteiger partial charge on any atom is 0.411 e. The van der Waals surface area contributed by atoms with Crippen molar-refractivity contribution in [2.24, 2.45) is 0 Å². The first-order valence-electron chi connectivity index (χ1n) is 8.23. The molecule has 0 saturated carbocycles. The van der Waals surface area contributed by atoms with Crippen molar-refractivity contribution in [1.82, 2.24) is 0 Å². The molecule has 1 amide bonds. The molecule has 5 nitrogen and oxygen atoms in total. The van der Waals surface area contributed by atoms with E-state index in [1.807, 2.05) is 13.0 Å². The van der Waals surface area contributed by atoms with E-state index in [1.54, 1.807) is 19.2 Å². The van der Waals surface area contributed by atoms with Crippen LogP contribution in [0.1, 0.15) is 29.2 Å². The number of amides is 1. The molecule has 1 N–H and O–H groups in total. The number of aryl methyl sites for hydroxylation is 3. The molecule has 0 heterocycles. The van der Waals surface area contributed by atoms with E-state index >= 15 is 0 Å². The molecule has 0 saturated heterocycles. The SMILES string of the molecule is CCc1cc(C)c(OCc2c(NC(=O)OC)cccc2OC)cc1C. The van der Waals surface area contributed by atoms with Gasteiger partial charge in [0.25, 0.3) is 0 Å². The molecule has 0 bridgehead atoms. The molecular formula is C20H25NO4.